The van der Waals surface area contributed by atoms with Gasteiger partial charge in [0.05, 0.1) is 13.3 Å². The molecule has 1 unspecified atom stereocenters. The molecule has 0 fully saturated rings. The standard InChI is InChI=1S/C14H18N2OS/c1-10(8-13-6-4-11(2)18-13)16-14-7-5-12(17-3)9-15-14/h4-7,9-10H,8H2,1-3H3,(H,15,16). The Hall–Kier alpha value is -1.55. The zero-order valence-corrected chi connectivity index (χ0v) is 11.8. The summed E-state index contributed by atoms with van der Waals surface area (Å²) in [7, 11) is 1.64. The summed E-state index contributed by atoms with van der Waals surface area (Å²) in [5.41, 5.74) is 0. The molecule has 1 atom stereocenters. The van der Waals surface area contributed by atoms with Crippen LogP contribution in [0.25, 0.3) is 0 Å². The number of pyridine rings is 1. The van der Waals surface area contributed by atoms with Gasteiger partial charge < -0.3 is 10.1 Å². The van der Waals surface area contributed by atoms with Gasteiger partial charge in [0.1, 0.15) is 11.6 Å². The van der Waals surface area contributed by atoms with E-state index in [4.69, 9.17) is 4.74 Å². The van der Waals surface area contributed by atoms with E-state index < -0.39 is 0 Å². The average molecular weight is 262 g/mol. The van der Waals surface area contributed by atoms with Gasteiger partial charge in [0.25, 0.3) is 0 Å². The van der Waals surface area contributed by atoms with Gasteiger partial charge >= 0.3 is 0 Å². The highest BCUT2D eigenvalue weighted by Gasteiger charge is 2.06. The number of aromatic nitrogens is 1. The summed E-state index contributed by atoms with van der Waals surface area (Å²) >= 11 is 1.85. The van der Waals surface area contributed by atoms with Crippen LogP contribution in [0.4, 0.5) is 5.82 Å². The maximum Gasteiger partial charge on any atom is 0.137 e. The molecule has 3 nitrogen and oxygen atoms in total. The molecule has 2 aromatic rings. The van der Waals surface area contributed by atoms with E-state index >= 15 is 0 Å². The molecule has 0 aliphatic heterocycles. The Morgan fingerprint density at radius 3 is 2.72 bits per heavy atom. The highest BCUT2D eigenvalue weighted by molar-refractivity contribution is 7.11. The van der Waals surface area contributed by atoms with E-state index in [1.54, 1.807) is 13.3 Å². The molecule has 0 saturated carbocycles. The molecule has 2 aromatic heterocycles. The molecule has 0 radical (unpaired) electrons. The van der Waals surface area contributed by atoms with Crippen LogP contribution < -0.4 is 10.1 Å². The SMILES string of the molecule is COc1ccc(NC(C)Cc2ccc(C)s2)nc1. The number of thiophene rings is 1. The summed E-state index contributed by atoms with van der Waals surface area (Å²) in [6.45, 7) is 4.30. The Labute approximate surface area is 112 Å². The number of anilines is 1. The van der Waals surface area contributed by atoms with E-state index in [9.17, 15) is 0 Å². The second kappa shape index (κ2) is 5.87. The lowest BCUT2D eigenvalue weighted by molar-refractivity contribution is 0.413. The lowest BCUT2D eigenvalue weighted by atomic mass is 10.2. The average Bonchev–Trinajstić information content (AvgIpc) is 2.75. The molecule has 0 saturated heterocycles. The molecule has 0 aliphatic rings. The van der Waals surface area contributed by atoms with E-state index in [0.717, 1.165) is 18.0 Å². The molecule has 96 valence electrons. The molecule has 0 spiro atoms. The van der Waals surface area contributed by atoms with Crippen LogP contribution in [0.2, 0.25) is 0 Å². The fraction of sp³-hybridized carbons (Fsp3) is 0.357. The van der Waals surface area contributed by atoms with E-state index in [1.165, 1.54) is 9.75 Å². The fourth-order valence-electron chi connectivity index (χ4n) is 1.79. The van der Waals surface area contributed by atoms with Crippen molar-refractivity contribution in [3.63, 3.8) is 0 Å². The van der Waals surface area contributed by atoms with Gasteiger partial charge in [-0.25, -0.2) is 4.98 Å². The number of aryl methyl sites for hydroxylation is 1. The minimum absolute atomic E-state index is 0.365. The van der Waals surface area contributed by atoms with Crippen LogP contribution in [0.5, 0.6) is 5.75 Å². The smallest absolute Gasteiger partial charge is 0.137 e. The van der Waals surface area contributed by atoms with E-state index in [2.05, 4.69) is 36.3 Å². The molecular weight excluding hydrogens is 244 g/mol. The third-order valence-electron chi connectivity index (χ3n) is 2.67. The predicted molar refractivity (Wildman–Crippen MR) is 76.6 cm³/mol. The van der Waals surface area contributed by atoms with Gasteiger partial charge in [0.15, 0.2) is 0 Å². The van der Waals surface area contributed by atoms with Gasteiger partial charge in [-0.15, -0.1) is 11.3 Å². The van der Waals surface area contributed by atoms with Crippen LogP contribution in [0.15, 0.2) is 30.5 Å². The number of nitrogens with zero attached hydrogens (tertiary/aromatic N) is 1. The monoisotopic (exact) mass is 262 g/mol. The minimum atomic E-state index is 0.365. The molecule has 1 N–H and O–H groups in total. The van der Waals surface area contributed by atoms with Crippen molar-refractivity contribution in [1.82, 2.24) is 4.98 Å². The van der Waals surface area contributed by atoms with Crippen molar-refractivity contribution in [2.45, 2.75) is 26.3 Å². The van der Waals surface area contributed by atoms with E-state index in [-0.39, 0.29) is 0 Å². The predicted octanol–water partition coefficient (Wildman–Crippen LogP) is 3.50. The maximum atomic E-state index is 5.08. The molecule has 0 amide bonds. The second-order valence-corrected chi connectivity index (χ2v) is 5.72. The van der Waals surface area contributed by atoms with E-state index in [0.29, 0.717) is 6.04 Å². The molecule has 18 heavy (non-hydrogen) atoms. The molecule has 2 rings (SSSR count). The Morgan fingerprint density at radius 1 is 1.33 bits per heavy atom. The Morgan fingerprint density at radius 2 is 2.17 bits per heavy atom. The Balaban J connectivity index is 1.91. The van der Waals surface area contributed by atoms with Gasteiger partial charge in [-0.1, -0.05) is 0 Å². The van der Waals surface area contributed by atoms with Crippen LogP contribution in [0.3, 0.4) is 0 Å². The number of hydrogen-bond acceptors (Lipinski definition) is 4. The van der Waals surface area contributed by atoms with Crippen LogP contribution in [-0.2, 0) is 6.42 Å². The quantitative estimate of drug-likeness (QED) is 0.895. The van der Waals surface area contributed by atoms with Crippen molar-refractivity contribution in [2.24, 2.45) is 0 Å². The van der Waals surface area contributed by atoms with Gasteiger partial charge in [0, 0.05) is 22.2 Å². The molecular formula is C14H18N2OS. The number of methoxy groups -OCH3 is 1. The van der Waals surface area contributed by atoms with Crippen molar-refractivity contribution in [3.8, 4) is 5.75 Å². The largest absolute Gasteiger partial charge is 0.495 e. The fourth-order valence-corrected chi connectivity index (χ4v) is 2.81. The Kier molecular flexibility index (Phi) is 4.20. The summed E-state index contributed by atoms with van der Waals surface area (Å²) in [5.74, 6) is 1.67. The minimum Gasteiger partial charge on any atom is -0.495 e. The number of rotatable bonds is 5. The van der Waals surface area contributed by atoms with Crippen LogP contribution >= 0.6 is 11.3 Å². The van der Waals surface area contributed by atoms with Crippen LogP contribution in [0, 0.1) is 6.92 Å². The normalized spacial score (nSPS) is 12.2. The molecule has 0 aromatic carbocycles. The molecule has 0 bridgehead atoms. The molecule has 2 heterocycles. The van der Waals surface area contributed by atoms with Crippen LogP contribution in [0.1, 0.15) is 16.7 Å². The zero-order valence-electron chi connectivity index (χ0n) is 10.9. The number of hydrogen-bond donors (Lipinski definition) is 1. The number of nitrogens with one attached hydrogen (secondary N) is 1. The first-order valence-electron chi connectivity index (χ1n) is 5.99. The van der Waals surface area contributed by atoms with Gasteiger partial charge in [-0.05, 0) is 38.1 Å². The lowest BCUT2D eigenvalue weighted by Crippen LogP contribution is -2.18. The first-order valence-corrected chi connectivity index (χ1v) is 6.81. The molecule has 0 aliphatic carbocycles. The van der Waals surface area contributed by atoms with Crippen molar-refractivity contribution >= 4 is 17.2 Å². The molecule has 4 heteroatoms. The van der Waals surface area contributed by atoms with Crippen molar-refractivity contribution in [3.05, 3.63) is 40.2 Å². The summed E-state index contributed by atoms with van der Waals surface area (Å²) < 4.78 is 5.08. The van der Waals surface area contributed by atoms with Crippen LogP contribution in [-0.4, -0.2) is 18.1 Å². The Bertz CT molecular complexity index is 493. The summed E-state index contributed by atoms with van der Waals surface area (Å²) in [6, 6.07) is 8.58. The first-order chi connectivity index (χ1) is 8.67. The van der Waals surface area contributed by atoms with Crippen molar-refractivity contribution < 1.29 is 4.74 Å². The topological polar surface area (TPSA) is 34.1 Å². The summed E-state index contributed by atoms with van der Waals surface area (Å²) in [5, 5.41) is 3.39. The zero-order chi connectivity index (χ0) is 13.0. The van der Waals surface area contributed by atoms with E-state index in [1.807, 2.05) is 23.5 Å². The van der Waals surface area contributed by atoms with Gasteiger partial charge in [-0.3, -0.25) is 0 Å². The third kappa shape index (κ3) is 3.47. The first kappa shape index (κ1) is 12.9. The lowest BCUT2D eigenvalue weighted by Gasteiger charge is -2.13. The second-order valence-electron chi connectivity index (χ2n) is 4.35. The third-order valence-corrected chi connectivity index (χ3v) is 3.69. The summed E-state index contributed by atoms with van der Waals surface area (Å²) in [4.78, 5) is 7.07. The maximum absolute atomic E-state index is 5.08. The highest BCUT2D eigenvalue weighted by atomic mass is 32.1. The van der Waals surface area contributed by atoms with Crippen molar-refractivity contribution in [2.75, 3.05) is 12.4 Å². The van der Waals surface area contributed by atoms with Crippen molar-refractivity contribution in [1.29, 1.82) is 0 Å². The summed E-state index contributed by atoms with van der Waals surface area (Å²) in [6.07, 6.45) is 2.75. The van der Waals surface area contributed by atoms with Gasteiger partial charge in [0.2, 0.25) is 0 Å². The van der Waals surface area contributed by atoms with Gasteiger partial charge in [-0.2, -0.15) is 0 Å². The highest BCUT2D eigenvalue weighted by Crippen LogP contribution is 2.18. The number of ether oxygens (including phenoxy) is 1.